The van der Waals surface area contributed by atoms with E-state index in [4.69, 9.17) is 32.7 Å². The van der Waals surface area contributed by atoms with Crippen LogP contribution in [-0.2, 0) is 0 Å². The van der Waals surface area contributed by atoms with E-state index in [-0.39, 0.29) is 15.8 Å². The molecule has 20 heavy (non-hydrogen) atoms. The molecule has 0 saturated heterocycles. The van der Waals surface area contributed by atoms with Gasteiger partial charge < -0.3 is 9.47 Å². The molecule has 0 bridgehead atoms. The minimum Gasteiger partial charge on any atom is -0.497 e. The summed E-state index contributed by atoms with van der Waals surface area (Å²) >= 11 is 12.2. The fourth-order valence-corrected chi connectivity index (χ4v) is 2.25. The molecule has 0 N–H and O–H groups in total. The van der Waals surface area contributed by atoms with Gasteiger partial charge in [-0.05, 0) is 36.4 Å². The lowest BCUT2D eigenvalue weighted by molar-refractivity contribution is 0.103. The van der Waals surface area contributed by atoms with Crippen molar-refractivity contribution in [1.82, 2.24) is 0 Å². The zero-order valence-electron chi connectivity index (χ0n) is 10.9. The van der Waals surface area contributed by atoms with Crippen molar-refractivity contribution in [2.24, 2.45) is 0 Å². The summed E-state index contributed by atoms with van der Waals surface area (Å²) in [5, 5.41) is 0.417. The monoisotopic (exact) mass is 310 g/mol. The summed E-state index contributed by atoms with van der Waals surface area (Å²) in [6.07, 6.45) is 0. The van der Waals surface area contributed by atoms with Crippen LogP contribution in [0.15, 0.2) is 36.4 Å². The van der Waals surface area contributed by atoms with Crippen molar-refractivity contribution in [2.45, 2.75) is 0 Å². The second-order valence-corrected chi connectivity index (χ2v) is 4.76. The average molecular weight is 311 g/mol. The van der Waals surface area contributed by atoms with E-state index in [2.05, 4.69) is 0 Å². The quantitative estimate of drug-likeness (QED) is 0.792. The molecular formula is C15H12Cl2O3. The highest BCUT2D eigenvalue weighted by Gasteiger charge is 2.17. The Hall–Kier alpha value is -1.71. The number of rotatable bonds is 4. The number of hydrogen-bond acceptors (Lipinski definition) is 3. The van der Waals surface area contributed by atoms with Crippen molar-refractivity contribution >= 4 is 29.0 Å². The van der Waals surface area contributed by atoms with Gasteiger partial charge in [-0.15, -0.1) is 0 Å². The molecule has 0 fully saturated rings. The summed E-state index contributed by atoms with van der Waals surface area (Å²) in [5.41, 5.74) is 0.844. The van der Waals surface area contributed by atoms with E-state index in [1.54, 1.807) is 43.5 Å². The minimum atomic E-state index is -0.206. The van der Waals surface area contributed by atoms with E-state index in [1.165, 1.54) is 7.11 Å². The fourth-order valence-electron chi connectivity index (χ4n) is 1.76. The molecule has 2 aromatic carbocycles. The van der Waals surface area contributed by atoms with Crippen LogP contribution >= 0.6 is 23.2 Å². The van der Waals surface area contributed by atoms with Crippen LogP contribution in [0.2, 0.25) is 10.0 Å². The molecule has 0 unspecified atom stereocenters. The molecule has 0 atom stereocenters. The van der Waals surface area contributed by atoms with Crippen LogP contribution in [0, 0.1) is 0 Å². The Balaban J connectivity index is 2.40. The smallest absolute Gasteiger partial charge is 0.194 e. The highest BCUT2D eigenvalue weighted by atomic mass is 35.5. The van der Waals surface area contributed by atoms with Crippen LogP contribution < -0.4 is 9.47 Å². The molecule has 0 saturated carbocycles. The number of ketones is 1. The van der Waals surface area contributed by atoms with Crippen molar-refractivity contribution < 1.29 is 14.3 Å². The molecule has 0 aliphatic rings. The van der Waals surface area contributed by atoms with Gasteiger partial charge in [-0.2, -0.15) is 0 Å². The van der Waals surface area contributed by atoms with Crippen LogP contribution in [0.3, 0.4) is 0 Å². The normalized spacial score (nSPS) is 10.2. The lowest BCUT2D eigenvalue weighted by Crippen LogP contribution is -2.03. The Kier molecular flexibility index (Phi) is 4.53. The molecule has 2 aromatic rings. The molecule has 5 heteroatoms. The molecule has 3 nitrogen and oxygen atoms in total. The third-order valence-corrected chi connectivity index (χ3v) is 3.73. The highest BCUT2D eigenvalue weighted by Crippen LogP contribution is 2.35. The first-order chi connectivity index (χ1) is 9.58. The zero-order valence-corrected chi connectivity index (χ0v) is 12.5. The van der Waals surface area contributed by atoms with E-state index in [9.17, 15) is 4.79 Å². The van der Waals surface area contributed by atoms with Crippen molar-refractivity contribution in [1.29, 1.82) is 0 Å². The molecule has 0 aliphatic heterocycles. The van der Waals surface area contributed by atoms with Crippen molar-refractivity contribution in [3.8, 4) is 11.5 Å². The number of carbonyl (C=O) groups is 1. The van der Waals surface area contributed by atoms with Gasteiger partial charge in [0.05, 0.1) is 19.2 Å². The van der Waals surface area contributed by atoms with E-state index >= 15 is 0 Å². The summed E-state index contributed by atoms with van der Waals surface area (Å²) < 4.78 is 10.1. The van der Waals surface area contributed by atoms with Gasteiger partial charge in [-0.25, -0.2) is 0 Å². The summed E-state index contributed by atoms with van der Waals surface area (Å²) in [4.78, 5) is 12.4. The maximum absolute atomic E-state index is 12.4. The topological polar surface area (TPSA) is 35.5 Å². The largest absolute Gasteiger partial charge is 0.497 e. The molecule has 0 amide bonds. The third-order valence-electron chi connectivity index (χ3n) is 2.86. The first-order valence-electron chi connectivity index (χ1n) is 5.79. The number of hydrogen-bond donors (Lipinski definition) is 0. The summed E-state index contributed by atoms with van der Waals surface area (Å²) in [6, 6.07) is 9.99. The Morgan fingerprint density at radius 3 is 2.10 bits per heavy atom. The van der Waals surface area contributed by atoms with Gasteiger partial charge in [-0.1, -0.05) is 23.2 Å². The SMILES string of the molecule is COc1ccc(C(=O)c2ccc(OC)c(Cl)c2Cl)cc1. The molecule has 104 valence electrons. The first kappa shape index (κ1) is 14.7. The lowest BCUT2D eigenvalue weighted by atomic mass is 10.0. The van der Waals surface area contributed by atoms with E-state index in [1.807, 2.05) is 0 Å². The van der Waals surface area contributed by atoms with E-state index < -0.39 is 0 Å². The van der Waals surface area contributed by atoms with Crippen molar-refractivity contribution in [3.05, 3.63) is 57.6 Å². The predicted octanol–water partition coefficient (Wildman–Crippen LogP) is 4.24. The van der Waals surface area contributed by atoms with Gasteiger partial charge in [0.15, 0.2) is 5.78 Å². The average Bonchev–Trinajstić information content (AvgIpc) is 2.49. The maximum Gasteiger partial charge on any atom is 0.194 e. The molecule has 0 heterocycles. The predicted molar refractivity (Wildman–Crippen MR) is 79.4 cm³/mol. The Bertz CT molecular complexity index is 636. The highest BCUT2D eigenvalue weighted by molar-refractivity contribution is 6.45. The van der Waals surface area contributed by atoms with Crippen LogP contribution in [-0.4, -0.2) is 20.0 Å². The molecule has 0 spiro atoms. The fraction of sp³-hybridized carbons (Fsp3) is 0.133. The molecule has 0 aromatic heterocycles. The van der Waals surface area contributed by atoms with Crippen LogP contribution in [0.1, 0.15) is 15.9 Å². The first-order valence-corrected chi connectivity index (χ1v) is 6.54. The second kappa shape index (κ2) is 6.16. The molecular weight excluding hydrogens is 299 g/mol. The third kappa shape index (κ3) is 2.74. The lowest BCUT2D eigenvalue weighted by Gasteiger charge is -2.09. The number of methoxy groups -OCH3 is 2. The Morgan fingerprint density at radius 2 is 1.55 bits per heavy atom. The van der Waals surface area contributed by atoms with E-state index in [0.717, 1.165) is 0 Å². The zero-order chi connectivity index (χ0) is 14.7. The van der Waals surface area contributed by atoms with E-state index in [0.29, 0.717) is 22.6 Å². The summed E-state index contributed by atoms with van der Waals surface area (Å²) in [7, 11) is 3.06. The van der Waals surface area contributed by atoms with Gasteiger partial charge in [-0.3, -0.25) is 4.79 Å². The number of carbonyl (C=O) groups excluding carboxylic acids is 1. The van der Waals surface area contributed by atoms with Crippen LogP contribution in [0.4, 0.5) is 0 Å². The molecule has 0 radical (unpaired) electrons. The van der Waals surface area contributed by atoms with Gasteiger partial charge in [0.25, 0.3) is 0 Å². The number of halogens is 2. The Labute approximate surface area is 127 Å². The second-order valence-electron chi connectivity index (χ2n) is 4.00. The maximum atomic E-state index is 12.4. The van der Waals surface area contributed by atoms with Gasteiger partial charge >= 0.3 is 0 Å². The number of benzene rings is 2. The van der Waals surface area contributed by atoms with Crippen molar-refractivity contribution in [3.63, 3.8) is 0 Å². The Morgan fingerprint density at radius 1 is 0.900 bits per heavy atom. The van der Waals surface area contributed by atoms with Gasteiger partial charge in [0.1, 0.15) is 16.5 Å². The van der Waals surface area contributed by atoms with Gasteiger partial charge in [0, 0.05) is 11.1 Å². The van der Waals surface area contributed by atoms with Gasteiger partial charge in [0.2, 0.25) is 0 Å². The standard InChI is InChI=1S/C15H12Cl2O3/c1-19-10-5-3-9(4-6-10)15(18)11-7-8-12(20-2)14(17)13(11)16/h3-8H,1-2H3. The minimum absolute atomic E-state index is 0.187. The molecule has 0 aliphatic carbocycles. The number of ether oxygens (including phenoxy) is 2. The molecule has 2 rings (SSSR count). The van der Waals surface area contributed by atoms with Crippen LogP contribution in [0.5, 0.6) is 11.5 Å². The summed E-state index contributed by atoms with van der Waals surface area (Å²) in [5.74, 6) is 0.908. The summed E-state index contributed by atoms with van der Waals surface area (Å²) in [6.45, 7) is 0. The van der Waals surface area contributed by atoms with Crippen LogP contribution in [0.25, 0.3) is 0 Å². The van der Waals surface area contributed by atoms with Crippen molar-refractivity contribution in [2.75, 3.05) is 14.2 Å².